The van der Waals surface area contributed by atoms with Gasteiger partial charge in [-0.2, -0.15) is 0 Å². The molecular formula is C25H44O6. The fourth-order valence-electron chi connectivity index (χ4n) is 3.12. The number of ether oxygens (including phenoxy) is 2. The lowest BCUT2D eigenvalue weighted by Crippen LogP contribution is -2.11. The molecule has 0 spiro atoms. The Morgan fingerprint density at radius 2 is 1.10 bits per heavy atom. The summed E-state index contributed by atoms with van der Waals surface area (Å²) in [5, 5.41) is 8.47. The van der Waals surface area contributed by atoms with Crippen molar-refractivity contribution < 1.29 is 29.0 Å². The van der Waals surface area contributed by atoms with Gasteiger partial charge in [0.15, 0.2) is 0 Å². The van der Waals surface area contributed by atoms with Gasteiger partial charge in [0.25, 0.3) is 0 Å². The first-order valence-electron chi connectivity index (χ1n) is 12.2. The van der Waals surface area contributed by atoms with Gasteiger partial charge in [-0.25, -0.2) is 0 Å². The van der Waals surface area contributed by atoms with Crippen molar-refractivity contribution >= 4 is 17.9 Å². The van der Waals surface area contributed by atoms with Gasteiger partial charge in [0.1, 0.15) is 0 Å². The molecule has 0 saturated carbocycles. The lowest BCUT2D eigenvalue weighted by molar-refractivity contribution is -0.149. The minimum absolute atomic E-state index is 0.134. The number of carboxylic acid groups (broad SMARTS) is 1. The van der Waals surface area contributed by atoms with Gasteiger partial charge in [-0.3, -0.25) is 14.4 Å². The highest BCUT2D eigenvalue weighted by Crippen LogP contribution is 2.10. The van der Waals surface area contributed by atoms with Crippen LogP contribution in [0.4, 0.5) is 0 Å². The van der Waals surface area contributed by atoms with Gasteiger partial charge in [0.05, 0.1) is 26.1 Å². The second-order valence-electron chi connectivity index (χ2n) is 8.02. The summed E-state index contributed by atoms with van der Waals surface area (Å²) in [6.45, 7) is 2.61. The molecule has 0 fully saturated rings. The predicted octanol–water partition coefficient (Wildman–Crippen LogP) is 6.37. The van der Waals surface area contributed by atoms with Gasteiger partial charge >= 0.3 is 17.9 Å². The summed E-state index contributed by atoms with van der Waals surface area (Å²) in [6.07, 6.45) is 21.0. The van der Waals surface area contributed by atoms with Crippen LogP contribution in [-0.4, -0.2) is 36.2 Å². The van der Waals surface area contributed by atoms with E-state index in [2.05, 4.69) is 19.1 Å². The van der Waals surface area contributed by atoms with E-state index in [9.17, 15) is 14.4 Å². The van der Waals surface area contributed by atoms with Crippen LogP contribution in [0.1, 0.15) is 116 Å². The Hall–Kier alpha value is -1.85. The first-order valence-corrected chi connectivity index (χ1v) is 12.2. The van der Waals surface area contributed by atoms with E-state index in [0.717, 1.165) is 25.7 Å². The zero-order valence-corrected chi connectivity index (χ0v) is 19.6. The molecule has 0 amide bonds. The molecule has 0 bridgehead atoms. The molecule has 0 atom stereocenters. The number of carbonyl (C=O) groups is 3. The number of carboxylic acids is 1. The summed E-state index contributed by atoms with van der Waals surface area (Å²) in [4.78, 5) is 33.2. The predicted molar refractivity (Wildman–Crippen MR) is 123 cm³/mol. The molecule has 0 unspecified atom stereocenters. The van der Waals surface area contributed by atoms with Crippen LogP contribution in [0.3, 0.4) is 0 Å². The zero-order chi connectivity index (χ0) is 23.0. The molecule has 0 radical (unpaired) electrons. The zero-order valence-electron chi connectivity index (χ0n) is 19.6. The molecule has 1 N–H and O–H groups in total. The van der Waals surface area contributed by atoms with Gasteiger partial charge in [-0.1, -0.05) is 70.4 Å². The number of aliphatic carboxylic acids is 1. The maximum absolute atomic E-state index is 11.6. The highest BCUT2D eigenvalue weighted by molar-refractivity contribution is 5.76. The summed E-state index contributed by atoms with van der Waals surface area (Å²) < 4.78 is 9.97. The van der Waals surface area contributed by atoms with Crippen LogP contribution in [0.15, 0.2) is 12.2 Å². The first-order chi connectivity index (χ1) is 15.1. The fraction of sp³-hybridized carbons (Fsp3) is 0.800. The molecule has 0 heterocycles. The molecule has 0 aliphatic heterocycles. The summed E-state index contributed by atoms with van der Waals surface area (Å²) in [7, 11) is 0. The van der Waals surface area contributed by atoms with Crippen molar-refractivity contribution in [2.24, 2.45) is 0 Å². The number of carbonyl (C=O) groups excluding carboxylic acids is 2. The second-order valence-corrected chi connectivity index (χ2v) is 8.02. The molecule has 0 rings (SSSR count). The maximum Gasteiger partial charge on any atom is 0.306 e. The molecule has 0 aromatic rings. The van der Waals surface area contributed by atoms with E-state index in [-0.39, 0.29) is 32.0 Å². The summed E-state index contributed by atoms with van der Waals surface area (Å²) in [5.74, 6) is -1.78. The standard InChI is InChI=1S/C25H44O6/c1-2-3-4-5-6-7-8-9-10-11-12-13-14-15-16-18-24(28)30-21-17-22-31-25(29)20-19-23(26)27/h9-10H,2-8,11-22H2,1H3,(H,26,27). The smallest absolute Gasteiger partial charge is 0.306 e. The van der Waals surface area contributed by atoms with E-state index in [4.69, 9.17) is 14.6 Å². The van der Waals surface area contributed by atoms with Crippen molar-refractivity contribution in [1.82, 2.24) is 0 Å². The van der Waals surface area contributed by atoms with Crippen molar-refractivity contribution in [3.63, 3.8) is 0 Å². The lowest BCUT2D eigenvalue weighted by atomic mass is 10.1. The number of hydrogen-bond donors (Lipinski definition) is 1. The van der Waals surface area contributed by atoms with Crippen molar-refractivity contribution in [2.75, 3.05) is 13.2 Å². The minimum Gasteiger partial charge on any atom is -0.481 e. The van der Waals surface area contributed by atoms with E-state index in [1.165, 1.54) is 57.8 Å². The van der Waals surface area contributed by atoms with Crippen LogP contribution in [0.2, 0.25) is 0 Å². The molecule has 6 heteroatoms. The normalized spacial score (nSPS) is 11.0. The molecule has 6 nitrogen and oxygen atoms in total. The Kier molecular flexibility index (Phi) is 21.5. The average molecular weight is 441 g/mol. The largest absolute Gasteiger partial charge is 0.481 e. The molecular weight excluding hydrogens is 396 g/mol. The van der Waals surface area contributed by atoms with Crippen LogP contribution >= 0.6 is 0 Å². The molecule has 0 saturated heterocycles. The monoisotopic (exact) mass is 440 g/mol. The van der Waals surface area contributed by atoms with E-state index in [1.807, 2.05) is 0 Å². The van der Waals surface area contributed by atoms with Crippen molar-refractivity contribution in [2.45, 2.75) is 116 Å². The molecule has 180 valence electrons. The van der Waals surface area contributed by atoms with Crippen molar-refractivity contribution in [3.8, 4) is 0 Å². The van der Waals surface area contributed by atoms with E-state index in [0.29, 0.717) is 12.8 Å². The third-order valence-electron chi connectivity index (χ3n) is 5.00. The van der Waals surface area contributed by atoms with Crippen LogP contribution < -0.4 is 0 Å². The van der Waals surface area contributed by atoms with Gasteiger partial charge in [-0.05, 0) is 32.1 Å². The number of hydrogen-bond acceptors (Lipinski definition) is 5. The summed E-state index contributed by atoms with van der Waals surface area (Å²) in [5.41, 5.74) is 0. The van der Waals surface area contributed by atoms with Crippen molar-refractivity contribution in [3.05, 3.63) is 12.2 Å². The molecule has 31 heavy (non-hydrogen) atoms. The Morgan fingerprint density at radius 3 is 1.65 bits per heavy atom. The van der Waals surface area contributed by atoms with Gasteiger partial charge < -0.3 is 14.6 Å². The SMILES string of the molecule is CCCCCCCCC=CCCCCCCCC(=O)OCCCOC(=O)CCC(=O)O. The average Bonchev–Trinajstić information content (AvgIpc) is 2.74. The van der Waals surface area contributed by atoms with E-state index < -0.39 is 11.9 Å². The topological polar surface area (TPSA) is 89.9 Å². The fourth-order valence-corrected chi connectivity index (χ4v) is 3.12. The van der Waals surface area contributed by atoms with Gasteiger partial charge in [0.2, 0.25) is 0 Å². The molecule has 0 aliphatic rings. The van der Waals surface area contributed by atoms with Crippen molar-refractivity contribution in [1.29, 1.82) is 0 Å². The lowest BCUT2D eigenvalue weighted by Gasteiger charge is -2.06. The maximum atomic E-state index is 11.6. The van der Waals surface area contributed by atoms with Crippen LogP contribution in [0.25, 0.3) is 0 Å². The highest BCUT2D eigenvalue weighted by Gasteiger charge is 2.07. The van der Waals surface area contributed by atoms with E-state index >= 15 is 0 Å². The van der Waals surface area contributed by atoms with Crippen LogP contribution in [-0.2, 0) is 23.9 Å². The molecule has 0 aromatic carbocycles. The van der Waals surface area contributed by atoms with E-state index in [1.54, 1.807) is 0 Å². The summed E-state index contributed by atoms with van der Waals surface area (Å²) in [6, 6.07) is 0. The first kappa shape index (κ1) is 29.1. The number of unbranched alkanes of at least 4 members (excludes halogenated alkanes) is 11. The molecule has 0 aromatic heterocycles. The number of rotatable bonds is 22. The van der Waals surface area contributed by atoms with Gasteiger partial charge in [-0.15, -0.1) is 0 Å². The summed E-state index contributed by atoms with van der Waals surface area (Å²) >= 11 is 0. The third kappa shape index (κ3) is 24.3. The molecule has 0 aliphatic carbocycles. The Labute approximate surface area is 188 Å². The quantitative estimate of drug-likeness (QED) is 0.120. The highest BCUT2D eigenvalue weighted by atomic mass is 16.5. The number of allylic oxidation sites excluding steroid dienone is 2. The van der Waals surface area contributed by atoms with Gasteiger partial charge in [0, 0.05) is 12.8 Å². The number of esters is 2. The third-order valence-corrected chi connectivity index (χ3v) is 5.00. The van der Waals surface area contributed by atoms with Crippen LogP contribution in [0.5, 0.6) is 0 Å². The van der Waals surface area contributed by atoms with Crippen LogP contribution in [0, 0.1) is 0 Å². The Balaban J connectivity index is 3.31. The Morgan fingerprint density at radius 1 is 0.613 bits per heavy atom. The minimum atomic E-state index is -1.03. The second kappa shape index (κ2) is 22.8. The Bertz CT molecular complexity index is 486.